The van der Waals surface area contributed by atoms with Gasteiger partial charge < -0.3 is 5.11 Å². The van der Waals surface area contributed by atoms with E-state index in [1.807, 2.05) is 0 Å². The highest BCUT2D eigenvalue weighted by Crippen LogP contribution is 2.23. The van der Waals surface area contributed by atoms with Crippen LogP contribution in [0.5, 0.6) is 0 Å². The van der Waals surface area contributed by atoms with Crippen LogP contribution in [0.25, 0.3) is 0 Å². The first-order chi connectivity index (χ1) is 9.19. The van der Waals surface area contributed by atoms with E-state index in [4.69, 9.17) is 16.7 Å². The van der Waals surface area contributed by atoms with Crippen LogP contribution in [-0.4, -0.2) is 25.5 Å². The summed E-state index contributed by atoms with van der Waals surface area (Å²) in [5.74, 6) is -1.53. The summed E-state index contributed by atoms with van der Waals surface area (Å²) in [6.07, 6.45) is 0.543. The van der Waals surface area contributed by atoms with E-state index in [0.29, 0.717) is 6.42 Å². The molecule has 1 aromatic rings. The summed E-state index contributed by atoms with van der Waals surface area (Å²) in [6, 6.07) is 3.33. The van der Waals surface area contributed by atoms with E-state index in [-0.39, 0.29) is 15.8 Å². The summed E-state index contributed by atoms with van der Waals surface area (Å²) in [6.45, 7) is 5.26. The molecular formula is C13H18ClNO4S. The maximum atomic E-state index is 12.2. The van der Waals surface area contributed by atoms with Crippen molar-refractivity contribution in [3.05, 3.63) is 28.8 Å². The molecule has 0 heterocycles. The van der Waals surface area contributed by atoms with E-state index >= 15 is 0 Å². The van der Waals surface area contributed by atoms with E-state index in [1.165, 1.54) is 12.1 Å². The van der Waals surface area contributed by atoms with Crippen LogP contribution in [0, 0.1) is 12.8 Å². The minimum Gasteiger partial charge on any atom is -0.480 e. The molecule has 0 bridgehead atoms. The first kappa shape index (κ1) is 16.9. The molecule has 0 saturated heterocycles. The molecule has 0 radical (unpaired) electrons. The molecular weight excluding hydrogens is 302 g/mol. The highest BCUT2D eigenvalue weighted by molar-refractivity contribution is 7.89. The lowest BCUT2D eigenvalue weighted by atomic mass is 10.0. The molecule has 0 aliphatic heterocycles. The third kappa shape index (κ3) is 3.94. The van der Waals surface area contributed by atoms with E-state index in [9.17, 15) is 13.2 Å². The molecule has 2 atom stereocenters. The molecule has 0 aliphatic carbocycles. The lowest BCUT2D eigenvalue weighted by Crippen LogP contribution is -2.44. The highest BCUT2D eigenvalue weighted by atomic mass is 35.5. The topological polar surface area (TPSA) is 83.5 Å². The largest absolute Gasteiger partial charge is 0.480 e. The van der Waals surface area contributed by atoms with Crippen molar-refractivity contribution in [2.75, 3.05) is 0 Å². The SMILES string of the molecule is CCC(C)C(NS(=O)(=O)c1ccc(C)cc1Cl)C(=O)O. The summed E-state index contributed by atoms with van der Waals surface area (Å²) in [4.78, 5) is 11.1. The number of halogens is 1. The Morgan fingerprint density at radius 3 is 2.50 bits per heavy atom. The maximum absolute atomic E-state index is 12.2. The van der Waals surface area contributed by atoms with Gasteiger partial charge in [0.1, 0.15) is 10.9 Å². The van der Waals surface area contributed by atoms with Crippen molar-refractivity contribution in [1.29, 1.82) is 0 Å². The number of benzene rings is 1. The minimum atomic E-state index is -3.97. The first-order valence-electron chi connectivity index (χ1n) is 6.20. The molecule has 0 spiro atoms. The molecule has 112 valence electrons. The fourth-order valence-corrected chi connectivity index (χ4v) is 3.60. The Bertz CT molecular complexity index is 600. The van der Waals surface area contributed by atoms with Crippen LogP contribution >= 0.6 is 11.6 Å². The Morgan fingerprint density at radius 1 is 1.45 bits per heavy atom. The van der Waals surface area contributed by atoms with E-state index in [0.717, 1.165) is 5.56 Å². The van der Waals surface area contributed by atoms with Gasteiger partial charge in [-0.1, -0.05) is 37.9 Å². The molecule has 0 aromatic heterocycles. The number of sulfonamides is 1. The Hall–Kier alpha value is -1.11. The van der Waals surface area contributed by atoms with Crippen molar-refractivity contribution in [1.82, 2.24) is 4.72 Å². The summed E-state index contributed by atoms with van der Waals surface area (Å²) in [7, 11) is -3.97. The van der Waals surface area contributed by atoms with Crippen LogP contribution in [0.1, 0.15) is 25.8 Å². The number of carboxylic acid groups (broad SMARTS) is 1. The lowest BCUT2D eigenvalue weighted by Gasteiger charge is -2.20. The van der Waals surface area contributed by atoms with Crippen molar-refractivity contribution in [2.24, 2.45) is 5.92 Å². The number of rotatable bonds is 6. The Labute approximate surface area is 124 Å². The van der Waals surface area contributed by atoms with Gasteiger partial charge in [-0.15, -0.1) is 0 Å². The van der Waals surface area contributed by atoms with Crippen LogP contribution in [0.3, 0.4) is 0 Å². The van der Waals surface area contributed by atoms with Gasteiger partial charge in [0.05, 0.1) is 5.02 Å². The second-order valence-corrected chi connectivity index (χ2v) is 6.85. The van der Waals surface area contributed by atoms with Crippen LogP contribution in [0.2, 0.25) is 5.02 Å². The van der Waals surface area contributed by atoms with Crippen molar-refractivity contribution in [3.63, 3.8) is 0 Å². The third-order valence-corrected chi connectivity index (χ3v) is 5.06. The standard InChI is InChI=1S/C13H18ClNO4S/c1-4-9(3)12(13(16)17)15-20(18,19)11-6-5-8(2)7-10(11)14/h5-7,9,12,15H,4H2,1-3H3,(H,16,17). The average molecular weight is 320 g/mol. The number of carbonyl (C=O) groups is 1. The Balaban J connectivity index is 3.13. The van der Waals surface area contributed by atoms with Gasteiger partial charge in [-0.05, 0) is 30.5 Å². The Kier molecular flexibility index (Phi) is 5.56. The lowest BCUT2D eigenvalue weighted by molar-refractivity contribution is -0.140. The van der Waals surface area contributed by atoms with Crippen LogP contribution < -0.4 is 4.72 Å². The first-order valence-corrected chi connectivity index (χ1v) is 8.06. The molecule has 0 fully saturated rings. The van der Waals surface area contributed by atoms with E-state index in [1.54, 1.807) is 26.8 Å². The number of hydrogen-bond acceptors (Lipinski definition) is 3. The van der Waals surface area contributed by atoms with Gasteiger partial charge in [0.25, 0.3) is 0 Å². The summed E-state index contributed by atoms with van der Waals surface area (Å²) in [5, 5.41) is 9.21. The average Bonchev–Trinajstić information content (AvgIpc) is 2.34. The molecule has 20 heavy (non-hydrogen) atoms. The molecule has 2 N–H and O–H groups in total. The molecule has 1 aromatic carbocycles. The van der Waals surface area contributed by atoms with Gasteiger partial charge in [-0.2, -0.15) is 4.72 Å². The third-order valence-electron chi connectivity index (χ3n) is 3.14. The van der Waals surface area contributed by atoms with Crippen molar-refractivity contribution in [3.8, 4) is 0 Å². The number of carboxylic acids is 1. The van der Waals surface area contributed by atoms with Gasteiger partial charge in [0.15, 0.2) is 0 Å². The summed E-state index contributed by atoms with van der Waals surface area (Å²) >= 11 is 5.92. The fraction of sp³-hybridized carbons (Fsp3) is 0.462. The molecule has 1 rings (SSSR count). The second-order valence-electron chi connectivity index (χ2n) is 4.76. The number of aryl methyl sites for hydroxylation is 1. The number of aliphatic carboxylic acids is 1. The van der Waals surface area contributed by atoms with Gasteiger partial charge >= 0.3 is 5.97 Å². The van der Waals surface area contributed by atoms with Crippen molar-refractivity contribution < 1.29 is 18.3 Å². The van der Waals surface area contributed by atoms with Gasteiger partial charge in [-0.3, -0.25) is 4.79 Å². The smallest absolute Gasteiger partial charge is 0.322 e. The maximum Gasteiger partial charge on any atom is 0.322 e. The van der Waals surface area contributed by atoms with Crippen LogP contribution in [-0.2, 0) is 14.8 Å². The quantitative estimate of drug-likeness (QED) is 0.843. The number of hydrogen-bond donors (Lipinski definition) is 2. The normalized spacial score (nSPS) is 14.8. The zero-order chi connectivity index (χ0) is 15.5. The van der Waals surface area contributed by atoms with Crippen molar-refractivity contribution in [2.45, 2.75) is 38.1 Å². The Morgan fingerprint density at radius 2 is 2.05 bits per heavy atom. The molecule has 0 saturated carbocycles. The number of nitrogens with one attached hydrogen (secondary N) is 1. The van der Waals surface area contributed by atoms with E-state index in [2.05, 4.69) is 4.72 Å². The highest BCUT2D eigenvalue weighted by Gasteiger charge is 2.30. The summed E-state index contributed by atoms with van der Waals surface area (Å²) in [5.41, 5.74) is 0.825. The fourth-order valence-electron chi connectivity index (χ4n) is 1.70. The molecule has 0 amide bonds. The van der Waals surface area contributed by atoms with Gasteiger partial charge in [0, 0.05) is 0 Å². The zero-order valence-electron chi connectivity index (χ0n) is 11.6. The zero-order valence-corrected chi connectivity index (χ0v) is 13.1. The molecule has 0 aliphatic rings. The minimum absolute atomic E-state index is 0.0748. The van der Waals surface area contributed by atoms with Gasteiger partial charge in [-0.25, -0.2) is 8.42 Å². The van der Waals surface area contributed by atoms with Crippen LogP contribution in [0.15, 0.2) is 23.1 Å². The van der Waals surface area contributed by atoms with E-state index < -0.39 is 22.0 Å². The monoisotopic (exact) mass is 319 g/mol. The van der Waals surface area contributed by atoms with Crippen molar-refractivity contribution >= 4 is 27.6 Å². The molecule has 2 unspecified atom stereocenters. The molecule has 7 heteroatoms. The molecule has 5 nitrogen and oxygen atoms in total. The summed E-state index contributed by atoms with van der Waals surface area (Å²) < 4.78 is 26.7. The predicted molar refractivity (Wildman–Crippen MR) is 77.4 cm³/mol. The second kappa shape index (κ2) is 6.56. The van der Waals surface area contributed by atoms with Gasteiger partial charge in [0.2, 0.25) is 10.0 Å². The predicted octanol–water partition coefficient (Wildman–Crippen LogP) is 2.43. The van der Waals surface area contributed by atoms with Crippen LogP contribution in [0.4, 0.5) is 0 Å².